The van der Waals surface area contributed by atoms with Crippen molar-refractivity contribution in [3.63, 3.8) is 0 Å². The molecule has 0 radical (unpaired) electrons. The van der Waals surface area contributed by atoms with Gasteiger partial charge in [-0.3, -0.25) is 14.9 Å². The van der Waals surface area contributed by atoms with Gasteiger partial charge in [0.25, 0.3) is 5.69 Å². The second kappa shape index (κ2) is 6.34. The van der Waals surface area contributed by atoms with E-state index in [0.29, 0.717) is 5.75 Å². The second-order valence-corrected chi connectivity index (χ2v) is 3.45. The van der Waals surface area contributed by atoms with Crippen molar-refractivity contribution in [2.24, 2.45) is 5.10 Å². The molecule has 0 spiro atoms. The molecule has 1 aromatic rings. The van der Waals surface area contributed by atoms with Crippen molar-refractivity contribution in [2.45, 2.75) is 6.92 Å². The molecule has 19 heavy (non-hydrogen) atoms. The van der Waals surface area contributed by atoms with E-state index in [1.165, 1.54) is 39.5 Å². The largest absolute Gasteiger partial charge is 0.493 e. The van der Waals surface area contributed by atoms with Gasteiger partial charge < -0.3 is 9.47 Å². The summed E-state index contributed by atoms with van der Waals surface area (Å²) in [5.74, 6) is 0.197. The van der Waals surface area contributed by atoms with Crippen LogP contribution in [0.5, 0.6) is 11.5 Å². The molecule has 0 aromatic heterocycles. The van der Waals surface area contributed by atoms with Crippen molar-refractivity contribution in [3.8, 4) is 11.5 Å². The third-order valence-corrected chi connectivity index (χ3v) is 2.16. The standard InChI is InChI=1S/C11H13N3O5/c1-7(15)13-12-6-8-4-10(18-2)11(19-3)5-9(8)14(16)17/h4-6H,1-3H3,(H,13,15). The van der Waals surface area contributed by atoms with Crippen molar-refractivity contribution < 1.29 is 19.2 Å². The first kappa shape index (κ1) is 14.4. The Morgan fingerprint density at radius 3 is 2.42 bits per heavy atom. The number of hydrazone groups is 1. The lowest BCUT2D eigenvalue weighted by Gasteiger charge is -2.08. The van der Waals surface area contributed by atoms with Crippen LogP contribution in [0, 0.1) is 10.1 Å². The summed E-state index contributed by atoms with van der Waals surface area (Å²) in [6.07, 6.45) is 1.17. The first-order valence-corrected chi connectivity index (χ1v) is 5.19. The molecule has 0 aliphatic carbocycles. The summed E-state index contributed by atoms with van der Waals surface area (Å²) in [6.45, 7) is 1.28. The summed E-state index contributed by atoms with van der Waals surface area (Å²) in [4.78, 5) is 21.0. The average molecular weight is 267 g/mol. The number of hydrogen-bond acceptors (Lipinski definition) is 6. The highest BCUT2D eigenvalue weighted by molar-refractivity contribution is 5.87. The summed E-state index contributed by atoms with van der Waals surface area (Å²) in [6, 6.07) is 2.64. The Kier molecular flexibility index (Phi) is 4.81. The van der Waals surface area contributed by atoms with E-state index in [1.807, 2.05) is 0 Å². The molecule has 1 aromatic carbocycles. The van der Waals surface area contributed by atoms with Crippen LogP contribution in [0.4, 0.5) is 5.69 Å². The zero-order valence-corrected chi connectivity index (χ0v) is 10.7. The third kappa shape index (κ3) is 3.66. The molecule has 8 heteroatoms. The van der Waals surface area contributed by atoms with E-state index < -0.39 is 4.92 Å². The maximum Gasteiger partial charge on any atom is 0.282 e. The summed E-state index contributed by atoms with van der Waals surface area (Å²) >= 11 is 0. The van der Waals surface area contributed by atoms with Crippen molar-refractivity contribution in [3.05, 3.63) is 27.8 Å². The molecule has 8 nitrogen and oxygen atoms in total. The van der Waals surface area contributed by atoms with Gasteiger partial charge in [-0.05, 0) is 6.07 Å². The molecule has 102 valence electrons. The van der Waals surface area contributed by atoms with Crippen LogP contribution in [0.3, 0.4) is 0 Å². The van der Waals surface area contributed by atoms with E-state index >= 15 is 0 Å². The minimum atomic E-state index is -0.572. The Hall–Kier alpha value is -2.64. The monoisotopic (exact) mass is 267 g/mol. The molecule has 0 saturated carbocycles. The van der Waals surface area contributed by atoms with E-state index in [-0.39, 0.29) is 22.9 Å². The highest BCUT2D eigenvalue weighted by Crippen LogP contribution is 2.33. The van der Waals surface area contributed by atoms with Crippen LogP contribution < -0.4 is 14.9 Å². The Morgan fingerprint density at radius 1 is 1.37 bits per heavy atom. The maximum absolute atomic E-state index is 10.9. The molecule has 0 unspecified atom stereocenters. The molecule has 0 aliphatic heterocycles. The number of rotatable bonds is 5. The quantitative estimate of drug-likeness (QED) is 0.488. The first-order chi connectivity index (χ1) is 8.99. The third-order valence-electron chi connectivity index (χ3n) is 2.16. The lowest BCUT2D eigenvalue weighted by atomic mass is 10.1. The van der Waals surface area contributed by atoms with Gasteiger partial charge >= 0.3 is 0 Å². The number of hydrogen-bond donors (Lipinski definition) is 1. The number of benzene rings is 1. The van der Waals surface area contributed by atoms with Gasteiger partial charge in [0.15, 0.2) is 11.5 Å². The van der Waals surface area contributed by atoms with E-state index in [9.17, 15) is 14.9 Å². The number of nitro benzene ring substituents is 1. The summed E-state index contributed by atoms with van der Waals surface area (Å²) in [7, 11) is 2.80. The van der Waals surface area contributed by atoms with Crippen molar-refractivity contribution in [1.29, 1.82) is 0 Å². The Bertz CT molecular complexity index is 527. The van der Waals surface area contributed by atoms with Gasteiger partial charge in [0.2, 0.25) is 5.91 Å². The smallest absolute Gasteiger partial charge is 0.282 e. The highest BCUT2D eigenvalue weighted by Gasteiger charge is 2.18. The fraction of sp³-hybridized carbons (Fsp3) is 0.273. The highest BCUT2D eigenvalue weighted by atomic mass is 16.6. The molecule has 1 rings (SSSR count). The van der Waals surface area contributed by atoms with E-state index in [0.717, 1.165) is 0 Å². The van der Waals surface area contributed by atoms with Crippen molar-refractivity contribution in [2.75, 3.05) is 14.2 Å². The average Bonchev–Trinajstić information content (AvgIpc) is 2.37. The van der Waals surface area contributed by atoms with Gasteiger partial charge in [-0.15, -0.1) is 0 Å². The van der Waals surface area contributed by atoms with Crippen LogP contribution in [-0.4, -0.2) is 31.3 Å². The van der Waals surface area contributed by atoms with Gasteiger partial charge in [0, 0.05) is 6.92 Å². The van der Waals surface area contributed by atoms with Crippen molar-refractivity contribution in [1.82, 2.24) is 5.43 Å². The van der Waals surface area contributed by atoms with Crippen LogP contribution >= 0.6 is 0 Å². The van der Waals surface area contributed by atoms with Crippen LogP contribution in [-0.2, 0) is 4.79 Å². The van der Waals surface area contributed by atoms with E-state index in [1.54, 1.807) is 0 Å². The zero-order valence-electron chi connectivity index (χ0n) is 10.7. The lowest BCUT2D eigenvalue weighted by Crippen LogP contribution is -2.12. The van der Waals surface area contributed by atoms with Crippen LogP contribution in [0.1, 0.15) is 12.5 Å². The van der Waals surface area contributed by atoms with Crippen molar-refractivity contribution >= 4 is 17.8 Å². The molecule has 0 aliphatic rings. The van der Waals surface area contributed by atoms with E-state index in [2.05, 4.69) is 10.5 Å². The molecule has 1 amide bonds. The SMILES string of the molecule is COc1cc(C=NNC(C)=O)c([N+](=O)[O-])cc1OC. The van der Waals surface area contributed by atoms with E-state index in [4.69, 9.17) is 9.47 Å². The number of amides is 1. The molecule has 1 N–H and O–H groups in total. The van der Waals surface area contributed by atoms with Crippen LogP contribution in [0.25, 0.3) is 0 Å². The molecule has 0 fully saturated rings. The van der Waals surface area contributed by atoms with Crippen LogP contribution in [0.15, 0.2) is 17.2 Å². The topological polar surface area (TPSA) is 103 Å². The zero-order chi connectivity index (χ0) is 14.4. The number of carbonyl (C=O) groups is 1. The molecule has 0 saturated heterocycles. The number of ether oxygens (including phenoxy) is 2. The molecular weight excluding hydrogens is 254 g/mol. The number of nitro groups is 1. The normalized spacial score (nSPS) is 10.3. The van der Waals surface area contributed by atoms with Gasteiger partial charge in [-0.1, -0.05) is 0 Å². The van der Waals surface area contributed by atoms with Crippen LogP contribution in [0.2, 0.25) is 0 Å². The number of methoxy groups -OCH3 is 2. The summed E-state index contributed by atoms with van der Waals surface area (Å²) < 4.78 is 10.0. The maximum atomic E-state index is 10.9. The van der Waals surface area contributed by atoms with Gasteiger partial charge in [-0.25, -0.2) is 5.43 Å². The Balaban J connectivity index is 3.23. The number of nitrogens with one attached hydrogen (secondary N) is 1. The molecule has 0 bridgehead atoms. The Morgan fingerprint density at radius 2 is 1.95 bits per heavy atom. The van der Waals surface area contributed by atoms with Gasteiger partial charge in [-0.2, -0.15) is 5.10 Å². The fourth-order valence-electron chi connectivity index (χ4n) is 1.34. The summed E-state index contributed by atoms with van der Waals surface area (Å²) in [5, 5.41) is 14.5. The number of carbonyl (C=O) groups excluding carboxylic acids is 1. The molecule has 0 heterocycles. The van der Waals surface area contributed by atoms with Gasteiger partial charge in [0.05, 0.1) is 37.0 Å². The first-order valence-electron chi connectivity index (χ1n) is 5.19. The minimum Gasteiger partial charge on any atom is -0.493 e. The number of nitrogens with zero attached hydrogens (tertiary/aromatic N) is 2. The van der Waals surface area contributed by atoms with Gasteiger partial charge in [0.1, 0.15) is 0 Å². The Labute approximate surface area is 109 Å². The lowest BCUT2D eigenvalue weighted by molar-refractivity contribution is -0.385. The predicted molar refractivity (Wildman–Crippen MR) is 67.6 cm³/mol. The summed E-state index contributed by atoms with van der Waals surface area (Å²) in [5.41, 5.74) is 2.15. The minimum absolute atomic E-state index is 0.191. The molecular formula is C11H13N3O5. The molecule has 0 atom stereocenters. The predicted octanol–water partition coefficient (Wildman–Crippen LogP) is 1.08. The second-order valence-electron chi connectivity index (χ2n) is 3.45. The fourth-order valence-corrected chi connectivity index (χ4v) is 1.34.